The quantitative estimate of drug-likeness (QED) is 0.271. The van der Waals surface area contributed by atoms with Crippen molar-refractivity contribution in [1.29, 1.82) is 0 Å². The van der Waals surface area contributed by atoms with Crippen LogP contribution in [0.4, 0.5) is 10.1 Å². The molecule has 0 saturated carbocycles. The highest BCUT2D eigenvalue weighted by Crippen LogP contribution is 2.36. The molecular weight excluding hydrogens is 443 g/mol. The summed E-state index contributed by atoms with van der Waals surface area (Å²) in [6.45, 7) is 8.03. The Labute approximate surface area is 204 Å². The van der Waals surface area contributed by atoms with E-state index in [0.717, 1.165) is 11.1 Å². The molecule has 35 heavy (non-hydrogen) atoms. The average molecular weight is 471 g/mol. The van der Waals surface area contributed by atoms with Crippen molar-refractivity contribution in [2.24, 2.45) is 5.10 Å². The molecule has 1 aliphatic rings. The third kappa shape index (κ3) is 5.32. The molecule has 4 rings (SSSR count). The fourth-order valence-electron chi connectivity index (χ4n) is 3.86. The van der Waals surface area contributed by atoms with Gasteiger partial charge in [-0.05, 0) is 62.2 Å². The van der Waals surface area contributed by atoms with Gasteiger partial charge in [0.05, 0.1) is 23.6 Å². The summed E-state index contributed by atoms with van der Waals surface area (Å²) < 4.78 is 26.1. The summed E-state index contributed by atoms with van der Waals surface area (Å²) in [5.41, 5.74) is 3.89. The van der Waals surface area contributed by atoms with E-state index in [1.807, 2.05) is 56.3 Å². The highest BCUT2D eigenvalue weighted by atomic mass is 19.1. The normalized spacial score (nSPS) is 14.3. The van der Waals surface area contributed by atoms with E-state index in [-0.39, 0.29) is 18.3 Å². The Hall–Kier alpha value is -4.19. The van der Waals surface area contributed by atoms with Crippen molar-refractivity contribution in [2.45, 2.75) is 26.9 Å². The number of carbonyl (C=O) groups excluding carboxylic acids is 1. The largest absolute Gasteiger partial charge is 0.490 e. The molecule has 1 amide bonds. The highest BCUT2D eigenvalue weighted by molar-refractivity contribution is 6.32. The second-order valence-corrected chi connectivity index (χ2v) is 8.01. The van der Waals surface area contributed by atoms with Crippen LogP contribution < -0.4 is 14.5 Å². The second kappa shape index (κ2) is 10.8. The fourth-order valence-corrected chi connectivity index (χ4v) is 3.86. The number of ether oxygens (including phenoxy) is 2. The van der Waals surface area contributed by atoms with Gasteiger partial charge in [-0.15, -0.1) is 6.58 Å². The van der Waals surface area contributed by atoms with Crippen LogP contribution in [0.5, 0.6) is 11.5 Å². The number of amides is 1. The number of hydrazone groups is 1. The fraction of sp³-hybridized carbons (Fsp3) is 0.172. The zero-order valence-electron chi connectivity index (χ0n) is 19.8. The summed E-state index contributed by atoms with van der Waals surface area (Å²) in [4.78, 5) is 13.1. The van der Waals surface area contributed by atoms with E-state index in [1.165, 1.54) is 11.1 Å². The van der Waals surface area contributed by atoms with E-state index in [9.17, 15) is 9.18 Å². The van der Waals surface area contributed by atoms with Crippen molar-refractivity contribution in [1.82, 2.24) is 0 Å². The van der Waals surface area contributed by atoms with Crippen molar-refractivity contribution in [2.75, 3.05) is 11.6 Å². The zero-order valence-corrected chi connectivity index (χ0v) is 19.8. The Kier molecular flexibility index (Phi) is 7.41. The molecule has 0 unspecified atom stereocenters. The molecule has 0 aliphatic carbocycles. The van der Waals surface area contributed by atoms with Crippen LogP contribution in [0.3, 0.4) is 0 Å². The van der Waals surface area contributed by atoms with Gasteiger partial charge in [0.15, 0.2) is 11.5 Å². The van der Waals surface area contributed by atoms with Crippen LogP contribution in [0.2, 0.25) is 0 Å². The number of hydrogen-bond acceptors (Lipinski definition) is 4. The first-order valence-corrected chi connectivity index (χ1v) is 11.5. The summed E-state index contributed by atoms with van der Waals surface area (Å²) in [5.74, 6) is 0.535. The van der Waals surface area contributed by atoms with Crippen molar-refractivity contribution >= 4 is 23.4 Å². The maximum absolute atomic E-state index is 14.1. The molecule has 0 aromatic heterocycles. The van der Waals surface area contributed by atoms with Crippen molar-refractivity contribution in [3.63, 3.8) is 0 Å². The van der Waals surface area contributed by atoms with Gasteiger partial charge in [-0.3, -0.25) is 4.79 Å². The molecule has 3 aromatic carbocycles. The van der Waals surface area contributed by atoms with E-state index in [0.29, 0.717) is 47.1 Å². The van der Waals surface area contributed by atoms with Gasteiger partial charge in [-0.25, -0.2) is 4.39 Å². The number of rotatable bonds is 9. The monoisotopic (exact) mass is 470 g/mol. The molecule has 1 heterocycles. The van der Waals surface area contributed by atoms with E-state index < -0.39 is 0 Å². The topological polar surface area (TPSA) is 51.1 Å². The lowest BCUT2D eigenvalue weighted by Gasteiger charge is -2.17. The number of allylic oxidation sites excluding steroid dienone is 1. The summed E-state index contributed by atoms with van der Waals surface area (Å²) in [6.07, 6.45) is 4.09. The lowest BCUT2D eigenvalue weighted by Crippen LogP contribution is -2.21. The number of benzene rings is 3. The predicted molar refractivity (Wildman–Crippen MR) is 137 cm³/mol. The number of para-hydroxylation sites is 1. The van der Waals surface area contributed by atoms with Gasteiger partial charge in [0.2, 0.25) is 0 Å². The van der Waals surface area contributed by atoms with Gasteiger partial charge >= 0.3 is 0 Å². The molecule has 0 fully saturated rings. The Morgan fingerprint density at radius 3 is 2.49 bits per heavy atom. The predicted octanol–water partition coefficient (Wildman–Crippen LogP) is 6.34. The minimum absolute atomic E-state index is 0.0631. The minimum atomic E-state index is -0.324. The second-order valence-electron chi connectivity index (χ2n) is 8.01. The van der Waals surface area contributed by atoms with E-state index in [2.05, 4.69) is 11.7 Å². The van der Waals surface area contributed by atoms with Crippen LogP contribution in [0.1, 0.15) is 30.5 Å². The first kappa shape index (κ1) is 24.0. The summed E-state index contributed by atoms with van der Waals surface area (Å²) in [6, 6.07) is 19.6. The number of hydrogen-bond donors (Lipinski definition) is 0. The molecule has 0 N–H and O–H groups in total. The van der Waals surface area contributed by atoms with Crippen LogP contribution in [0.25, 0.3) is 6.08 Å². The molecule has 0 atom stereocenters. The number of halogens is 1. The standard InChI is InChI=1S/C29H27FN2O3/c1-4-11-22-16-21(17-25-20(3)31-32(29(25)33)24-13-7-6-8-14-24)18-27(34-5-2)28(22)35-19-23-12-9-10-15-26(23)30/h4,6-10,12-18H,1,5,11,19H2,2-3H3/b25-17+. The zero-order chi connectivity index (χ0) is 24.8. The SMILES string of the molecule is C=CCc1cc(/C=C2/C(=O)N(c3ccccc3)N=C2C)cc(OCC)c1OCc1ccccc1F. The molecule has 0 saturated heterocycles. The van der Waals surface area contributed by atoms with E-state index in [1.54, 1.807) is 30.4 Å². The van der Waals surface area contributed by atoms with Gasteiger partial charge in [0.1, 0.15) is 12.4 Å². The van der Waals surface area contributed by atoms with Gasteiger partial charge in [-0.2, -0.15) is 10.1 Å². The van der Waals surface area contributed by atoms with Gasteiger partial charge < -0.3 is 9.47 Å². The van der Waals surface area contributed by atoms with E-state index in [4.69, 9.17) is 9.47 Å². The summed E-state index contributed by atoms with van der Waals surface area (Å²) in [7, 11) is 0. The maximum atomic E-state index is 14.1. The van der Waals surface area contributed by atoms with Crippen molar-refractivity contribution in [3.8, 4) is 11.5 Å². The van der Waals surface area contributed by atoms with Gasteiger partial charge in [-0.1, -0.05) is 42.5 Å². The molecule has 6 heteroatoms. The third-order valence-corrected chi connectivity index (χ3v) is 5.52. The molecule has 0 spiro atoms. The smallest absolute Gasteiger partial charge is 0.280 e. The third-order valence-electron chi connectivity index (χ3n) is 5.52. The molecule has 3 aromatic rings. The Bertz CT molecular complexity index is 1300. The van der Waals surface area contributed by atoms with Crippen molar-refractivity contribution < 1.29 is 18.7 Å². The van der Waals surface area contributed by atoms with E-state index >= 15 is 0 Å². The number of anilines is 1. The first-order valence-electron chi connectivity index (χ1n) is 11.5. The average Bonchev–Trinajstić information content (AvgIpc) is 3.14. The summed E-state index contributed by atoms with van der Waals surface area (Å²) in [5, 5.41) is 5.85. The molecular formula is C29H27FN2O3. The number of carbonyl (C=O) groups is 1. The van der Waals surface area contributed by atoms with Crippen molar-refractivity contribution in [3.05, 3.63) is 107 Å². The Morgan fingerprint density at radius 1 is 1.03 bits per heavy atom. The van der Waals surface area contributed by atoms with Crippen LogP contribution in [-0.4, -0.2) is 18.2 Å². The number of nitrogens with zero attached hydrogens (tertiary/aromatic N) is 2. The molecule has 0 radical (unpaired) electrons. The Balaban J connectivity index is 1.69. The van der Waals surface area contributed by atoms with Crippen LogP contribution in [0.15, 0.2) is 90.1 Å². The van der Waals surface area contributed by atoms with Gasteiger partial charge in [0, 0.05) is 11.1 Å². The van der Waals surface area contributed by atoms with Crippen LogP contribution in [0, 0.1) is 5.82 Å². The molecule has 1 aliphatic heterocycles. The summed E-state index contributed by atoms with van der Waals surface area (Å²) >= 11 is 0. The first-order chi connectivity index (χ1) is 17.0. The van der Waals surface area contributed by atoms with Crippen LogP contribution >= 0.6 is 0 Å². The Morgan fingerprint density at radius 2 is 1.77 bits per heavy atom. The molecule has 178 valence electrons. The lowest BCUT2D eigenvalue weighted by atomic mass is 10.0. The highest BCUT2D eigenvalue weighted by Gasteiger charge is 2.28. The molecule has 0 bridgehead atoms. The maximum Gasteiger partial charge on any atom is 0.280 e. The lowest BCUT2D eigenvalue weighted by molar-refractivity contribution is -0.114. The molecule has 5 nitrogen and oxygen atoms in total. The minimum Gasteiger partial charge on any atom is -0.490 e. The van der Waals surface area contributed by atoms with Gasteiger partial charge in [0.25, 0.3) is 5.91 Å². The van der Waals surface area contributed by atoms with Crippen LogP contribution in [-0.2, 0) is 17.8 Å².